The number of aliphatic carboxylic acids is 1. The molecule has 1 unspecified atom stereocenters. The summed E-state index contributed by atoms with van der Waals surface area (Å²) in [4.78, 5) is 24.1. The lowest BCUT2D eigenvalue weighted by molar-refractivity contribution is -0.142. The molecule has 1 aromatic carbocycles. The number of carboxylic acid groups (broad SMARTS) is 1. The highest BCUT2D eigenvalue weighted by Crippen LogP contribution is 2.33. The standard InChI is InChI=1S/C16H21ClN2O4/c1-10(16(21)22)19(5-4-18-11(2)20)9-13-8-14(17)7-12-3-6-23-15(12)13/h7-8,10H,3-6,9H2,1-2H3,(H,18,20)(H,21,22). The summed E-state index contributed by atoms with van der Waals surface area (Å²) in [6.45, 7) is 4.88. The number of carboxylic acids is 1. The minimum absolute atomic E-state index is 0.139. The van der Waals surface area contributed by atoms with Gasteiger partial charge in [0.2, 0.25) is 5.91 Å². The molecule has 1 heterocycles. The normalized spacial score (nSPS) is 14.3. The Labute approximate surface area is 140 Å². The summed E-state index contributed by atoms with van der Waals surface area (Å²) < 4.78 is 5.67. The lowest BCUT2D eigenvalue weighted by atomic mass is 10.1. The lowest BCUT2D eigenvalue weighted by Crippen LogP contribution is -2.42. The van der Waals surface area contributed by atoms with Crippen LogP contribution in [0.2, 0.25) is 5.02 Å². The van der Waals surface area contributed by atoms with Crippen molar-refractivity contribution in [1.82, 2.24) is 10.2 Å². The zero-order chi connectivity index (χ0) is 17.0. The molecule has 7 heteroatoms. The molecule has 0 saturated carbocycles. The molecule has 0 bridgehead atoms. The number of ether oxygens (including phenoxy) is 1. The lowest BCUT2D eigenvalue weighted by Gasteiger charge is -2.27. The van der Waals surface area contributed by atoms with Gasteiger partial charge < -0.3 is 15.2 Å². The van der Waals surface area contributed by atoms with Gasteiger partial charge in [-0.15, -0.1) is 0 Å². The van der Waals surface area contributed by atoms with Crippen molar-refractivity contribution >= 4 is 23.5 Å². The molecule has 0 aliphatic carbocycles. The molecule has 0 fully saturated rings. The van der Waals surface area contributed by atoms with Crippen molar-refractivity contribution < 1.29 is 19.4 Å². The van der Waals surface area contributed by atoms with E-state index in [0.717, 1.165) is 23.3 Å². The summed E-state index contributed by atoms with van der Waals surface area (Å²) in [5.41, 5.74) is 1.93. The molecule has 2 rings (SSSR count). The van der Waals surface area contributed by atoms with Gasteiger partial charge in [-0.1, -0.05) is 11.6 Å². The largest absolute Gasteiger partial charge is 0.493 e. The summed E-state index contributed by atoms with van der Waals surface area (Å²) in [5.74, 6) is -0.246. The van der Waals surface area contributed by atoms with Crippen LogP contribution in [0.25, 0.3) is 0 Å². The highest BCUT2D eigenvalue weighted by Gasteiger charge is 2.24. The molecule has 23 heavy (non-hydrogen) atoms. The molecular weight excluding hydrogens is 320 g/mol. The number of benzene rings is 1. The van der Waals surface area contributed by atoms with Crippen molar-refractivity contribution in [3.63, 3.8) is 0 Å². The van der Waals surface area contributed by atoms with Gasteiger partial charge in [0.05, 0.1) is 6.61 Å². The SMILES string of the molecule is CC(=O)NCCN(Cc1cc(Cl)cc2c1OCC2)C(C)C(=O)O. The van der Waals surface area contributed by atoms with E-state index >= 15 is 0 Å². The van der Waals surface area contributed by atoms with Gasteiger partial charge in [0.1, 0.15) is 11.8 Å². The maximum Gasteiger partial charge on any atom is 0.320 e. The zero-order valence-electron chi connectivity index (χ0n) is 13.3. The molecule has 0 saturated heterocycles. The first kappa shape index (κ1) is 17.6. The van der Waals surface area contributed by atoms with Crippen LogP contribution in [0, 0.1) is 0 Å². The number of amides is 1. The second kappa shape index (κ2) is 7.66. The Morgan fingerprint density at radius 2 is 2.22 bits per heavy atom. The first-order valence-electron chi connectivity index (χ1n) is 7.54. The second-order valence-electron chi connectivity index (χ2n) is 5.62. The maximum absolute atomic E-state index is 11.3. The topological polar surface area (TPSA) is 78.9 Å². The van der Waals surface area contributed by atoms with Crippen LogP contribution in [0.3, 0.4) is 0 Å². The highest BCUT2D eigenvalue weighted by atomic mass is 35.5. The summed E-state index contributed by atoms with van der Waals surface area (Å²) in [7, 11) is 0. The van der Waals surface area contributed by atoms with Crippen LogP contribution in [-0.2, 0) is 22.6 Å². The Morgan fingerprint density at radius 1 is 1.48 bits per heavy atom. The van der Waals surface area contributed by atoms with E-state index in [1.807, 2.05) is 12.1 Å². The Kier molecular flexibility index (Phi) is 5.85. The van der Waals surface area contributed by atoms with E-state index in [4.69, 9.17) is 16.3 Å². The number of nitrogens with zero attached hydrogens (tertiary/aromatic N) is 1. The fraction of sp³-hybridized carbons (Fsp3) is 0.500. The number of hydrogen-bond acceptors (Lipinski definition) is 4. The Bertz CT molecular complexity index is 606. The molecule has 6 nitrogen and oxygen atoms in total. The number of carbonyl (C=O) groups excluding carboxylic acids is 1. The Morgan fingerprint density at radius 3 is 2.87 bits per heavy atom. The molecule has 0 radical (unpaired) electrons. The van der Waals surface area contributed by atoms with Crippen LogP contribution in [0.15, 0.2) is 12.1 Å². The zero-order valence-corrected chi connectivity index (χ0v) is 14.0. The summed E-state index contributed by atoms with van der Waals surface area (Å²) in [6.07, 6.45) is 0.809. The van der Waals surface area contributed by atoms with Gasteiger partial charge in [0, 0.05) is 43.6 Å². The summed E-state index contributed by atoms with van der Waals surface area (Å²) >= 11 is 6.15. The van der Waals surface area contributed by atoms with Crippen LogP contribution >= 0.6 is 11.6 Å². The average molecular weight is 341 g/mol. The number of carbonyl (C=O) groups is 2. The van der Waals surface area contributed by atoms with Gasteiger partial charge in [0.15, 0.2) is 0 Å². The average Bonchev–Trinajstić information content (AvgIpc) is 2.93. The highest BCUT2D eigenvalue weighted by molar-refractivity contribution is 6.30. The maximum atomic E-state index is 11.3. The Balaban J connectivity index is 2.17. The first-order valence-corrected chi connectivity index (χ1v) is 7.91. The van der Waals surface area contributed by atoms with E-state index in [-0.39, 0.29) is 5.91 Å². The van der Waals surface area contributed by atoms with Crippen molar-refractivity contribution in [3.8, 4) is 5.75 Å². The van der Waals surface area contributed by atoms with Gasteiger partial charge in [-0.25, -0.2) is 0 Å². The quantitative estimate of drug-likeness (QED) is 0.789. The predicted octanol–water partition coefficient (Wildman–Crippen LogP) is 1.69. The van der Waals surface area contributed by atoms with Crippen LogP contribution in [0.5, 0.6) is 5.75 Å². The van der Waals surface area contributed by atoms with Crippen molar-refractivity contribution in [2.24, 2.45) is 0 Å². The minimum Gasteiger partial charge on any atom is -0.493 e. The molecule has 1 atom stereocenters. The van der Waals surface area contributed by atoms with Crippen LogP contribution < -0.4 is 10.1 Å². The van der Waals surface area contributed by atoms with Crippen LogP contribution in [0.4, 0.5) is 0 Å². The van der Waals surface area contributed by atoms with E-state index in [0.29, 0.717) is 31.3 Å². The van der Waals surface area contributed by atoms with Gasteiger partial charge >= 0.3 is 5.97 Å². The van der Waals surface area contributed by atoms with E-state index in [9.17, 15) is 14.7 Å². The van der Waals surface area contributed by atoms with Crippen molar-refractivity contribution in [2.45, 2.75) is 32.9 Å². The number of nitrogens with one attached hydrogen (secondary N) is 1. The molecule has 1 aromatic rings. The molecule has 0 spiro atoms. The van der Waals surface area contributed by atoms with E-state index in [1.54, 1.807) is 11.8 Å². The van der Waals surface area contributed by atoms with Crippen molar-refractivity contribution in [1.29, 1.82) is 0 Å². The molecule has 1 aliphatic heterocycles. The van der Waals surface area contributed by atoms with Crippen molar-refractivity contribution in [3.05, 3.63) is 28.3 Å². The van der Waals surface area contributed by atoms with E-state index in [2.05, 4.69) is 5.32 Å². The van der Waals surface area contributed by atoms with Crippen LogP contribution in [0.1, 0.15) is 25.0 Å². The molecule has 0 aromatic heterocycles. The van der Waals surface area contributed by atoms with E-state index < -0.39 is 12.0 Å². The summed E-state index contributed by atoms with van der Waals surface area (Å²) in [5, 5.41) is 12.6. The number of rotatable bonds is 7. The van der Waals surface area contributed by atoms with Crippen LogP contribution in [-0.4, -0.2) is 47.6 Å². The number of hydrogen-bond donors (Lipinski definition) is 2. The fourth-order valence-corrected chi connectivity index (χ4v) is 2.89. The van der Waals surface area contributed by atoms with E-state index in [1.165, 1.54) is 6.92 Å². The van der Waals surface area contributed by atoms with Crippen molar-refractivity contribution in [2.75, 3.05) is 19.7 Å². The summed E-state index contributed by atoms with van der Waals surface area (Å²) in [6, 6.07) is 3.02. The smallest absolute Gasteiger partial charge is 0.320 e. The predicted molar refractivity (Wildman–Crippen MR) is 86.8 cm³/mol. The Hall–Kier alpha value is -1.79. The number of halogens is 1. The fourth-order valence-electron chi connectivity index (χ4n) is 2.62. The molecule has 2 N–H and O–H groups in total. The second-order valence-corrected chi connectivity index (χ2v) is 6.06. The minimum atomic E-state index is -0.910. The van der Waals surface area contributed by atoms with Gasteiger partial charge in [-0.3, -0.25) is 14.5 Å². The molecule has 1 aliphatic rings. The monoisotopic (exact) mass is 340 g/mol. The number of fused-ring (bicyclic) bond motifs is 1. The molecular formula is C16H21ClN2O4. The van der Waals surface area contributed by atoms with Gasteiger partial charge in [-0.05, 0) is 24.6 Å². The first-order chi connectivity index (χ1) is 10.9. The van der Waals surface area contributed by atoms with Gasteiger partial charge in [-0.2, -0.15) is 0 Å². The molecule has 126 valence electrons. The molecule has 1 amide bonds. The third-order valence-corrected chi connectivity index (χ3v) is 4.10. The third-order valence-electron chi connectivity index (χ3n) is 3.88. The third kappa shape index (κ3) is 4.59. The van der Waals surface area contributed by atoms with Gasteiger partial charge in [0.25, 0.3) is 0 Å².